The Morgan fingerprint density at radius 3 is 1.15 bits per heavy atom. The number of hydrogen-bond acceptors (Lipinski definition) is 2. The minimum atomic E-state index is -0.668. The van der Waals surface area contributed by atoms with Crippen LogP contribution in [0.1, 0.15) is 181 Å². The van der Waals surface area contributed by atoms with Crippen LogP contribution >= 0.6 is 0 Å². The molecule has 1 aliphatic carbocycles. The molecule has 0 aliphatic heterocycles. The smallest absolute Gasteiger partial charge is 0.303 e. The lowest BCUT2D eigenvalue weighted by Crippen LogP contribution is -2.32. The summed E-state index contributed by atoms with van der Waals surface area (Å²) in [5.41, 5.74) is 0. The Bertz CT molecular complexity index is 643. The van der Waals surface area contributed by atoms with Crippen LogP contribution in [0.5, 0.6) is 0 Å². The zero-order valence-corrected chi connectivity index (χ0v) is 26.6. The van der Waals surface area contributed by atoms with Gasteiger partial charge in [-0.25, -0.2) is 0 Å². The molecular weight excluding hydrogens is 496 g/mol. The van der Waals surface area contributed by atoms with E-state index in [-0.39, 0.29) is 0 Å². The van der Waals surface area contributed by atoms with Gasteiger partial charge < -0.3 is 10.2 Å². The first-order valence-electron chi connectivity index (χ1n) is 17.6. The van der Waals surface area contributed by atoms with Crippen LogP contribution in [-0.4, -0.2) is 22.2 Å². The fourth-order valence-electron chi connectivity index (χ4n) is 7.02. The van der Waals surface area contributed by atoms with Gasteiger partial charge in [0.15, 0.2) is 0 Å². The van der Waals surface area contributed by atoms with Crippen molar-refractivity contribution >= 4 is 11.9 Å². The average Bonchev–Trinajstić information content (AvgIpc) is 2.92. The van der Waals surface area contributed by atoms with Gasteiger partial charge in [0.25, 0.3) is 0 Å². The minimum absolute atomic E-state index is 0.313. The largest absolute Gasteiger partial charge is 0.481 e. The number of allylic oxidation sites excluding steroid dienone is 2. The lowest BCUT2D eigenvalue weighted by Gasteiger charge is -2.41. The second-order valence-corrected chi connectivity index (χ2v) is 12.8. The maximum atomic E-state index is 10.8. The molecule has 40 heavy (non-hydrogen) atoms. The van der Waals surface area contributed by atoms with Crippen molar-refractivity contribution in [3.05, 3.63) is 12.2 Å². The highest BCUT2D eigenvalue weighted by Crippen LogP contribution is 2.44. The van der Waals surface area contributed by atoms with Crippen molar-refractivity contribution in [1.29, 1.82) is 0 Å². The highest BCUT2D eigenvalue weighted by atomic mass is 16.4. The lowest BCUT2D eigenvalue weighted by atomic mass is 9.64. The fraction of sp³-hybridized carbons (Fsp3) is 0.889. The van der Waals surface area contributed by atoms with E-state index in [1.807, 2.05) is 0 Å². The van der Waals surface area contributed by atoms with E-state index in [2.05, 4.69) is 26.0 Å². The van der Waals surface area contributed by atoms with Gasteiger partial charge in [0.1, 0.15) is 0 Å². The molecule has 4 atom stereocenters. The van der Waals surface area contributed by atoms with Crippen molar-refractivity contribution < 1.29 is 19.8 Å². The van der Waals surface area contributed by atoms with Crippen LogP contribution in [0.3, 0.4) is 0 Å². The Morgan fingerprint density at radius 1 is 0.450 bits per heavy atom. The van der Waals surface area contributed by atoms with Crippen molar-refractivity contribution in [3.8, 4) is 0 Å². The van der Waals surface area contributed by atoms with Crippen LogP contribution in [0.2, 0.25) is 0 Å². The van der Waals surface area contributed by atoms with Gasteiger partial charge in [-0.15, -0.1) is 0 Å². The molecule has 0 saturated heterocycles. The maximum absolute atomic E-state index is 10.8. The number of carbonyl (C=O) groups is 2. The van der Waals surface area contributed by atoms with Crippen LogP contribution in [-0.2, 0) is 9.59 Å². The Morgan fingerprint density at radius 2 is 0.750 bits per heavy atom. The molecule has 0 amide bonds. The predicted molar refractivity (Wildman–Crippen MR) is 170 cm³/mol. The third-order valence-corrected chi connectivity index (χ3v) is 9.39. The van der Waals surface area contributed by atoms with Gasteiger partial charge in [0.05, 0.1) is 0 Å². The van der Waals surface area contributed by atoms with E-state index in [0.29, 0.717) is 18.8 Å². The quantitative estimate of drug-likeness (QED) is 0.0734. The first-order chi connectivity index (χ1) is 19.5. The van der Waals surface area contributed by atoms with Crippen molar-refractivity contribution in [3.63, 3.8) is 0 Å². The Kier molecular flexibility index (Phi) is 23.3. The van der Waals surface area contributed by atoms with Crippen LogP contribution in [0.25, 0.3) is 0 Å². The molecule has 4 nitrogen and oxygen atoms in total. The summed E-state index contributed by atoms with van der Waals surface area (Å²) in [6, 6.07) is 0. The summed E-state index contributed by atoms with van der Waals surface area (Å²) < 4.78 is 0. The molecule has 0 saturated carbocycles. The standard InChI is InChI=1S/C36H66O4/c1-3-5-7-8-13-19-25-33-31(23-17-6-4-2)29-30-32(24-18-12-9-10-15-21-27-35(37)38)34(33)26-20-14-11-16-22-28-36(39)40/h29-34H,3-28H2,1-2H3,(H,37,38)(H,39,40). The maximum Gasteiger partial charge on any atom is 0.303 e. The molecule has 0 aromatic rings. The van der Waals surface area contributed by atoms with E-state index in [1.165, 1.54) is 128 Å². The fourth-order valence-corrected chi connectivity index (χ4v) is 7.02. The van der Waals surface area contributed by atoms with E-state index < -0.39 is 11.9 Å². The van der Waals surface area contributed by atoms with Crippen LogP contribution in [0.4, 0.5) is 0 Å². The van der Waals surface area contributed by atoms with Crippen molar-refractivity contribution in [2.75, 3.05) is 0 Å². The topological polar surface area (TPSA) is 74.6 Å². The molecule has 4 heteroatoms. The second kappa shape index (κ2) is 25.4. The summed E-state index contributed by atoms with van der Waals surface area (Å²) >= 11 is 0. The van der Waals surface area contributed by atoms with Crippen LogP contribution in [0.15, 0.2) is 12.2 Å². The molecule has 0 spiro atoms. The van der Waals surface area contributed by atoms with E-state index >= 15 is 0 Å². The molecule has 234 valence electrons. The Labute approximate surface area is 248 Å². The van der Waals surface area contributed by atoms with Gasteiger partial charge in [0.2, 0.25) is 0 Å². The molecule has 1 rings (SSSR count). The molecule has 0 aromatic carbocycles. The van der Waals surface area contributed by atoms with Crippen molar-refractivity contribution in [1.82, 2.24) is 0 Å². The molecule has 0 radical (unpaired) electrons. The van der Waals surface area contributed by atoms with Gasteiger partial charge in [0, 0.05) is 12.8 Å². The summed E-state index contributed by atoms with van der Waals surface area (Å²) in [7, 11) is 0. The molecule has 2 N–H and O–H groups in total. The molecule has 4 unspecified atom stereocenters. The molecule has 1 aliphatic rings. The van der Waals surface area contributed by atoms with E-state index in [0.717, 1.165) is 43.4 Å². The summed E-state index contributed by atoms with van der Waals surface area (Å²) in [6.07, 6.45) is 36.0. The number of carboxylic acids is 2. The zero-order chi connectivity index (χ0) is 29.3. The van der Waals surface area contributed by atoms with Gasteiger partial charge in [-0.1, -0.05) is 142 Å². The van der Waals surface area contributed by atoms with E-state index in [4.69, 9.17) is 10.2 Å². The monoisotopic (exact) mass is 562 g/mol. The lowest BCUT2D eigenvalue weighted by molar-refractivity contribution is -0.138. The van der Waals surface area contributed by atoms with Gasteiger partial charge in [-0.05, 0) is 62.2 Å². The van der Waals surface area contributed by atoms with Crippen LogP contribution < -0.4 is 0 Å². The van der Waals surface area contributed by atoms with Crippen molar-refractivity contribution in [2.24, 2.45) is 23.7 Å². The summed E-state index contributed by atoms with van der Waals surface area (Å²) in [5.74, 6) is 1.78. The van der Waals surface area contributed by atoms with E-state index in [9.17, 15) is 9.59 Å². The van der Waals surface area contributed by atoms with Crippen LogP contribution in [0, 0.1) is 23.7 Å². The normalized spacial score (nSPS) is 20.6. The Hall–Kier alpha value is -1.32. The predicted octanol–water partition coefficient (Wildman–Crippen LogP) is 11.4. The number of aliphatic carboxylic acids is 2. The average molecular weight is 563 g/mol. The minimum Gasteiger partial charge on any atom is -0.481 e. The third kappa shape index (κ3) is 18.9. The molecule has 0 bridgehead atoms. The highest BCUT2D eigenvalue weighted by molar-refractivity contribution is 5.66. The first-order valence-corrected chi connectivity index (χ1v) is 17.6. The molecular formula is C36H66O4. The summed E-state index contributed by atoms with van der Waals surface area (Å²) in [5, 5.41) is 17.7. The van der Waals surface area contributed by atoms with Gasteiger partial charge >= 0.3 is 11.9 Å². The highest BCUT2D eigenvalue weighted by Gasteiger charge is 2.34. The number of carboxylic acid groups (broad SMARTS) is 2. The van der Waals surface area contributed by atoms with Crippen molar-refractivity contribution in [2.45, 2.75) is 181 Å². The summed E-state index contributed by atoms with van der Waals surface area (Å²) in [6.45, 7) is 4.61. The number of unbranched alkanes of at least 4 members (excludes halogenated alkanes) is 16. The summed E-state index contributed by atoms with van der Waals surface area (Å²) in [4.78, 5) is 21.5. The SMILES string of the molecule is CCCCCCCCC1C(CCCCC)C=CC(CCCCCCCCC(=O)O)C1CCCCCCCC(=O)O. The third-order valence-electron chi connectivity index (χ3n) is 9.39. The Balaban J connectivity index is 2.70. The van der Waals surface area contributed by atoms with Gasteiger partial charge in [-0.2, -0.15) is 0 Å². The number of hydrogen-bond donors (Lipinski definition) is 2. The van der Waals surface area contributed by atoms with Gasteiger partial charge in [-0.3, -0.25) is 9.59 Å². The first kappa shape index (κ1) is 36.7. The molecule has 0 heterocycles. The molecule has 0 aromatic heterocycles. The molecule has 0 fully saturated rings. The zero-order valence-electron chi connectivity index (χ0n) is 26.6. The number of rotatable bonds is 28. The van der Waals surface area contributed by atoms with E-state index in [1.54, 1.807) is 0 Å². The second-order valence-electron chi connectivity index (χ2n) is 12.8.